The summed E-state index contributed by atoms with van der Waals surface area (Å²) in [4.78, 5) is 17.1. The maximum atomic E-state index is 12.6. The molecule has 0 aliphatic carbocycles. The van der Waals surface area contributed by atoms with Gasteiger partial charge < -0.3 is 10.1 Å². The van der Waals surface area contributed by atoms with Crippen molar-refractivity contribution in [2.75, 3.05) is 17.7 Å². The van der Waals surface area contributed by atoms with Crippen LogP contribution in [0.4, 0.5) is 11.5 Å². The molecule has 0 saturated carbocycles. The van der Waals surface area contributed by atoms with Gasteiger partial charge in [-0.3, -0.25) is 0 Å². The third kappa shape index (κ3) is 5.06. The van der Waals surface area contributed by atoms with Crippen LogP contribution < -0.4 is 5.32 Å². The fourth-order valence-electron chi connectivity index (χ4n) is 3.07. The Labute approximate surface area is 187 Å². The Bertz CT molecular complexity index is 1230. The lowest BCUT2D eigenvalue weighted by molar-refractivity contribution is 0.0525. The highest BCUT2D eigenvalue weighted by molar-refractivity contribution is 7.91. The summed E-state index contributed by atoms with van der Waals surface area (Å²) in [7, 11) is -3.37. The highest BCUT2D eigenvalue weighted by Crippen LogP contribution is 2.33. The minimum absolute atomic E-state index is 0.00338. The van der Waals surface area contributed by atoms with Crippen molar-refractivity contribution in [3.05, 3.63) is 70.9 Å². The Kier molecular flexibility index (Phi) is 6.97. The fraction of sp³-hybridized carbons (Fsp3) is 0.217. The minimum Gasteiger partial charge on any atom is -0.462 e. The van der Waals surface area contributed by atoms with Crippen LogP contribution in [0.15, 0.2) is 59.6 Å². The minimum atomic E-state index is -3.37. The first-order valence-corrected chi connectivity index (χ1v) is 11.8. The number of ether oxygens (including phenoxy) is 1. The van der Waals surface area contributed by atoms with E-state index in [1.165, 1.54) is 0 Å². The Morgan fingerprint density at radius 1 is 1.10 bits per heavy atom. The molecule has 162 valence electrons. The Morgan fingerprint density at radius 3 is 2.55 bits per heavy atom. The van der Waals surface area contributed by atoms with Gasteiger partial charge in [-0.25, -0.2) is 18.2 Å². The molecule has 1 N–H and O–H groups in total. The van der Waals surface area contributed by atoms with Crippen LogP contribution in [0.5, 0.6) is 0 Å². The van der Waals surface area contributed by atoms with Gasteiger partial charge in [0.25, 0.3) is 0 Å². The average molecular weight is 459 g/mol. The van der Waals surface area contributed by atoms with Crippen molar-refractivity contribution in [1.29, 1.82) is 0 Å². The lowest BCUT2D eigenvalue weighted by Gasteiger charge is -2.16. The van der Waals surface area contributed by atoms with E-state index in [4.69, 9.17) is 16.3 Å². The number of rotatable bonds is 7. The first kappa shape index (κ1) is 22.8. The number of sulfone groups is 1. The molecule has 1 heterocycles. The number of anilines is 2. The molecule has 6 nitrogen and oxygen atoms in total. The molecule has 0 unspecified atom stereocenters. The van der Waals surface area contributed by atoms with Gasteiger partial charge in [0.2, 0.25) is 0 Å². The van der Waals surface area contributed by atoms with E-state index in [0.717, 1.165) is 0 Å². The molecule has 0 fully saturated rings. The molecule has 0 radical (unpaired) electrons. The monoisotopic (exact) mass is 458 g/mol. The standard InChI is InChI=1S/C23H23ClN2O4S/c1-4-30-23(27)19-13-17(16-8-6-9-18(12-16)31(28,29)5-2)14-21(15(19)3)26-22-20(24)10-7-11-25-22/h6-14H,4-5H2,1-3H3,(H,25,26). The van der Waals surface area contributed by atoms with Crippen LogP contribution in [0.2, 0.25) is 5.02 Å². The molecule has 0 bridgehead atoms. The summed E-state index contributed by atoms with van der Waals surface area (Å²) < 4.78 is 29.9. The van der Waals surface area contributed by atoms with E-state index in [1.807, 2.05) is 6.07 Å². The van der Waals surface area contributed by atoms with Gasteiger partial charge in [0, 0.05) is 11.9 Å². The van der Waals surface area contributed by atoms with Gasteiger partial charge in [-0.05, 0) is 66.9 Å². The zero-order valence-electron chi connectivity index (χ0n) is 17.5. The number of hydrogen-bond donors (Lipinski definition) is 1. The van der Waals surface area contributed by atoms with Crippen molar-refractivity contribution in [2.24, 2.45) is 0 Å². The second-order valence-electron chi connectivity index (χ2n) is 6.81. The van der Waals surface area contributed by atoms with Gasteiger partial charge in [0.05, 0.1) is 27.8 Å². The maximum Gasteiger partial charge on any atom is 0.338 e. The van der Waals surface area contributed by atoms with Crippen molar-refractivity contribution < 1.29 is 17.9 Å². The molecule has 1 aromatic heterocycles. The molecule has 0 spiro atoms. The Balaban J connectivity index is 2.17. The Morgan fingerprint density at radius 2 is 1.87 bits per heavy atom. The van der Waals surface area contributed by atoms with Crippen molar-refractivity contribution >= 4 is 38.9 Å². The fourth-order valence-corrected chi connectivity index (χ4v) is 4.17. The van der Waals surface area contributed by atoms with Crippen LogP contribution in [-0.2, 0) is 14.6 Å². The third-order valence-corrected chi connectivity index (χ3v) is 6.86. The number of benzene rings is 2. The van der Waals surface area contributed by atoms with Gasteiger partial charge in [0.1, 0.15) is 5.82 Å². The molecule has 0 aliphatic heterocycles. The van der Waals surface area contributed by atoms with Crippen LogP contribution in [0.25, 0.3) is 11.1 Å². The molecule has 31 heavy (non-hydrogen) atoms. The van der Waals surface area contributed by atoms with Crippen LogP contribution in [-0.4, -0.2) is 31.7 Å². The summed E-state index contributed by atoms with van der Waals surface area (Å²) in [6.45, 7) is 5.38. The molecule has 0 amide bonds. The number of carbonyl (C=O) groups excluding carboxylic acids is 1. The topological polar surface area (TPSA) is 85.4 Å². The van der Waals surface area contributed by atoms with Crippen LogP contribution >= 0.6 is 11.6 Å². The maximum absolute atomic E-state index is 12.6. The van der Waals surface area contributed by atoms with Gasteiger partial charge in [-0.2, -0.15) is 0 Å². The zero-order chi connectivity index (χ0) is 22.6. The van der Waals surface area contributed by atoms with Crippen molar-refractivity contribution in [2.45, 2.75) is 25.7 Å². The summed E-state index contributed by atoms with van der Waals surface area (Å²) in [6, 6.07) is 13.6. The van der Waals surface area contributed by atoms with E-state index in [1.54, 1.807) is 69.4 Å². The molecular formula is C23H23ClN2O4S. The largest absolute Gasteiger partial charge is 0.462 e. The van der Waals surface area contributed by atoms with Crippen molar-refractivity contribution in [3.63, 3.8) is 0 Å². The number of hydrogen-bond acceptors (Lipinski definition) is 6. The van der Waals surface area contributed by atoms with E-state index >= 15 is 0 Å². The molecule has 8 heteroatoms. The summed E-state index contributed by atoms with van der Waals surface area (Å²) >= 11 is 6.24. The zero-order valence-corrected chi connectivity index (χ0v) is 19.0. The molecule has 2 aromatic carbocycles. The average Bonchev–Trinajstić information content (AvgIpc) is 2.76. The number of pyridine rings is 1. The van der Waals surface area contributed by atoms with Crippen LogP contribution in [0.3, 0.4) is 0 Å². The quantitative estimate of drug-likeness (QED) is 0.475. The first-order valence-electron chi connectivity index (χ1n) is 9.79. The summed E-state index contributed by atoms with van der Waals surface area (Å²) in [6.07, 6.45) is 1.61. The molecule has 0 saturated heterocycles. The number of aromatic nitrogens is 1. The predicted octanol–water partition coefficient (Wildman–Crippen LogP) is 5.42. The van der Waals surface area contributed by atoms with E-state index in [9.17, 15) is 13.2 Å². The van der Waals surface area contributed by atoms with Crippen molar-refractivity contribution in [3.8, 4) is 11.1 Å². The Hall–Kier alpha value is -2.90. The lowest BCUT2D eigenvalue weighted by Crippen LogP contribution is -2.09. The second-order valence-corrected chi connectivity index (χ2v) is 9.49. The highest BCUT2D eigenvalue weighted by Gasteiger charge is 2.18. The molecule has 3 aromatic rings. The second kappa shape index (κ2) is 9.49. The summed E-state index contributed by atoms with van der Waals surface area (Å²) in [5.74, 6) is -0.0143. The molecule has 0 atom stereocenters. The molecular weight excluding hydrogens is 436 g/mol. The number of esters is 1. The highest BCUT2D eigenvalue weighted by atomic mass is 35.5. The van der Waals surface area contributed by atoms with E-state index in [0.29, 0.717) is 38.8 Å². The van der Waals surface area contributed by atoms with E-state index in [-0.39, 0.29) is 17.3 Å². The van der Waals surface area contributed by atoms with Gasteiger partial charge >= 0.3 is 5.97 Å². The SMILES string of the molecule is CCOC(=O)c1cc(-c2cccc(S(=O)(=O)CC)c2)cc(Nc2ncccc2Cl)c1C. The number of nitrogens with zero attached hydrogens (tertiary/aromatic N) is 1. The molecule has 3 rings (SSSR count). The van der Waals surface area contributed by atoms with Crippen LogP contribution in [0, 0.1) is 6.92 Å². The van der Waals surface area contributed by atoms with Gasteiger partial charge in [-0.1, -0.05) is 30.7 Å². The van der Waals surface area contributed by atoms with Crippen molar-refractivity contribution in [1.82, 2.24) is 4.98 Å². The van der Waals surface area contributed by atoms with E-state index < -0.39 is 15.8 Å². The van der Waals surface area contributed by atoms with E-state index in [2.05, 4.69) is 10.3 Å². The molecule has 0 aliphatic rings. The normalized spacial score (nSPS) is 11.2. The number of nitrogens with one attached hydrogen (secondary N) is 1. The first-order chi connectivity index (χ1) is 14.8. The summed E-state index contributed by atoms with van der Waals surface area (Å²) in [5, 5.41) is 3.61. The summed E-state index contributed by atoms with van der Waals surface area (Å²) in [5.41, 5.74) is 2.98. The lowest BCUT2D eigenvalue weighted by atomic mass is 9.97. The van der Waals surface area contributed by atoms with Crippen LogP contribution in [0.1, 0.15) is 29.8 Å². The number of carbonyl (C=O) groups is 1. The van der Waals surface area contributed by atoms with Gasteiger partial charge in [-0.15, -0.1) is 0 Å². The van der Waals surface area contributed by atoms with Gasteiger partial charge in [0.15, 0.2) is 9.84 Å². The third-order valence-electron chi connectivity index (χ3n) is 4.82. The number of halogens is 1. The predicted molar refractivity (Wildman–Crippen MR) is 123 cm³/mol. The smallest absolute Gasteiger partial charge is 0.338 e.